The third kappa shape index (κ3) is 2.33. The van der Waals surface area contributed by atoms with Crippen molar-refractivity contribution in [2.45, 2.75) is 25.4 Å². The van der Waals surface area contributed by atoms with Gasteiger partial charge < -0.3 is 15.0 Å². The SMILES string of the molecule is CCC(O)(CC(=O)[O-])c1ccccc1. The molecule has 1 aromatic carbocycles. The summed E-state index contributed by atoms with van der Waals surface area (Å²) in [6.07, 6.45) is -0.0154. The minimum Gasteiger partial charge on any atom is -0.550 e. The maximum Gasteiger partial charge on any atom is 0.0945 e. The maximum absolute atomic E-state index is 10.5. The molecule has 1 aromatic rings. The predicted molar refractivity (Wildman–Crippen MR) is 50.3 cm³/mol. The normalized spacial score (nSPS) is 14.7. The van der Waals surface area contributed by atoms with E-state index in [1.807, 2.05) is 6.07 Å². The van der Waals surface area contributed by atoms with Crippen molar-refractivity contribution in [2.24, 2.45) is 0 Å². The van der Waals surface area contributed by atoms with Crippen molar-refractivity contribution in [1.82, 2.24) is 0 Å². The molecular weight excluding hydrogens is 180 g/mol. The molecule has 0 bridgehead atoms. The minimum absolute atomic E-state index is 0.352. The van der Waals surface area contributed by atoms with Gasteiger partial charge >= 0.3 is 0 Å². The van der Waals surface area contributed by atoms with E-state index in [0.29, 0.717) is 12.0 Å². The van der Waals surface area contributed by atoms with Crippen LogP contribution in [0.4, 0.5) is 0 Å². The highest BCUT2D eigenvalue weighted by Crippen LogP contribution is 2.27. The van der Waals surface area contributed by atoms with Crippen molar-refractivity contribution in [3.8, 4) is 0 Å². The van der Waals surface area contributed by atoms with Crippen molar-refractivity contribution in [3.05, 3.63) is 35.9 Å². The number of hydrogen-bond donors (Lipinski definition) is 1. The molecule has 0 saturated heterocycles. The molecule has 0 saturated carbocycles. The van der Waals surface area contributed by atoms with E-state index in [1.54, 1.807) is 31.2 Å². The second kappa shape index (κ2) is 4.24. The molecule has 0 aromatic heterocycles. The van der Waals surface area contributed by atoms with Gasteiger partial charge in [-0.05, 0) is 12.0 Å². The van der Waals surface area contributed by atoms with Gasteiger partial charge in [0.2, 0.25) is 0 Å². The largest absolute Gasteiger partial charge is 0.550 e. The molecule has 3 heteroatoms. The Morgan fingerprint density at radius 1 is 1.43 bits per heavy atom. The van der Waals surface area contributed by atoms with Crippen molar-refractivity contribution in [3.63, 3.8) is 0 Å². The standard InChI is InChI=1S/C11H14O3/c1-2-11(14,8-10(12)13)9-6-4-3-5-7-9/h3-7,14H,2,8H2,1H3,(H,12,13)/p-1. The van der Waals surface area contributed by atoms with Crippen molar-refractivity contribution in [1.29, 1.82) is 0 Å². The molecule has 0 fully saturated rings. The molecule has 1 atom stereocenters. The Bertz CT molecular complexity index is 308. The van der Waals surface area contributed by atoms with Gasteiger partial charge in [-0.1, -0.05) is 37.3 Å². The number of carbonyl (C=O) groups is 1. The first-order chi connectivity index (χ1) is 6.58. The Morgan fingerprint density at radius 2 is 2.00 bits per heavy atom. The van der Waals surface area contributed by atoms with E-state index in [9.17, 15) is 15.0 Å². The second-order valence-corrected chi connectivity index (χ2v) is 3.30. The quantitative estimate of drug-likeness (QED) is 0.754. The number of carboxylic acids is 1. The summed E-state index contributed by atoms with van der Waals surface area (Å²) in [6, 6.07) is 8.79. The lowest BCUT2D eigenvalue weighted by molar-refractivity contribution is -0.309. The van der Waals surface area contributed by atoms with Crippen LogP contribution in [0.15, 0.2) is 30.3 Å². The van der Waals surface area contributed by atoms with Gasteiger partial charge in [0.15, 0.2) is 0 Å². The molecule has 0 radical (unpaired) electrons. The summed E-state index contributed by atoms with van der Waals surface area (Å²) in [5, 5.41) is 20.5. The number of aliphatic carboxylic acids is 1. The molecule has 0 aliphatic carbocycles. The fourth-order valence-corrected chi connectivity index (χ4v) is 1.42. The maximum atomic E-state index is 10.5. The van der Waals surface area contributed by atoms with Gasteiger partial charge in [-0.15, -0.1) is 0 Å². The van der Waals surface area contributed by atoms with Gasteiger partial charge in [-0.25, -0.2) is 0 Å². The molecule has 1 rings (SSSR count). The monoisotopic (exact) mass is 193 g/mol. The Labute approximate surface area is 83.0 Å². The Hall–Kier alpha value is -1.35. The van der Waals surface area contributed by atoms with Crippen LogP contribution in [0.1, 0.15) is 25.3 Å². The zero-order valence-electron chi connectivity index (χ0n) is 8.06. The third-order valence-corrected chi connectivity index (χ3v) is 2.33. The van der Waals surface area contributed by atoms with E-state index in [1.165, 1.54) is 0 Å². The van der Waals surface area contributed by atoms with Crippen LogP contribution in [0, 0.1) is 0 Å². The van der Waals surface area contributed by atoms with Crippen molar-refractivity contribution < 1.29 is 15.0 Å². The molecule has 0 spiro atoms. The summed E-state index contributed by atoms with van der Waals surface area (Å²) < 4.78 is 0. The first kappa shape index (κ1) is 10.7. The van der Waals surface area contributed by atoms with E-state index >= 15 is 0 Å². The Kier molecular flexibility index (Phi) is 3.25. The topological polar surface area (TPSA) is 60.4 Å². The highest BCUT2D eigenvalue weighted by molar-refractivity contribution is 5.66. The summed E-state index contributed by atoms with van der Waals surface area (Å²) >= 11 is 0. The van der Waals surface area contributed by atoms with Crippen LogP contribution >= 0.6 is 0 Å². The summed E-state index contributed by atoms with van der Waals surface area (Å²) in [5.41, 5.74) is -0.688. The van der Waals surface area contributed by atoms with Gasteiger partial charge in [-0.2, -0.15) is 0 Å². The lowest BCUT2D eigenvalue weighted by atomic mass is 9.88. The van der Waals surface area contributed by atoms with Gasteiger partial charge in [-0.3, -0.25) is 0 Å². The van der Waals surface area contributed by atoms with Gasteiger partial charge in [0.05, 0.1) is 5.60 Å². The average Bonchev–Trinajstić information content (AvgIpc) is 2.18. The molecule has 14 heavy (non-hydrogen) atoms. The Morgan fingerprint density at radius 3 is 2.43 bits per heavy atom. The smallest absolute Gasteiger partial charge is 0.0945 e. The molecule has 0 heterocycles. The number of carboxylic acid groups (broad SMARTS) is 1. The summed E-state index contributed by atoms with van der Waals surface area (Å²) in [5.74, 6) is -1.24. The van der Waals surface area contributed by atoms with Gasteiger partial charge in [0.25, 0.3) is 0 Å². The molecule has 1 unspecified atom stereocenters. The van der Waals surface area contributed by atoms with E-state index < -0.39 is 11.6 Å². The first-order valence-electron chi connectivity index (χ1n) is 4.56. The van der Waals surface area contributed by atoms with Gasteiger partial charge in [0, 0.05) is 12.4 Å². The van der Waals surface area contributed by atoms with Gasteiger partial charge in [0.1, 0.15) is 0 Å². The highest BCUT2D eigenvalue weighted by atomic mass is 16.4. The summed E-state index contributed by atoms with van der Waals surface area (Å²) in [7, 11) is 0. The zero-order chi connectivity index (χ0) is 10.6. The number of carbonyl (C=O) groups excluding carboxylic acids is 1. The highest BCUT2D eigenvalue weighted by Gasteiger charge is 2.26. The van der Waals surface area contributed by atoms with E-state index in [4.69, 9.17) is 0 Å². The average molecular weight is 193 g/mol. The van der Waals surface area contributed by atoms with Crippen LogP contribution in [0.3, 0.4) is 0 Å². The first-order valence-corrected chi connectivity index (χ1v) is 4.56. The number of benzene rings is 1. The molecular formula is C11H13O3-. The molecule has 76 valence electrons. The molecule has 0 amide bonds. The lowest BCUT2D eigenvalue weighted by Gasteiger charge is -2.27. The molecule has 0 aliphatic rings. The van der Waals surface area contributed by atoms with Crippen molar-refractivity contribution in [2.75, 3.05) is 0 Å². The third-order valence-electron chi connectivity index (χ3n) is 2.33. The number of hydrogen-bond acceptors (Lipinski definition) is 3. The minimum atomic E-state index is -1.31. The van der Waals surface area contributed by atoms with Crippen LogP contribution in [0.5, 0.6) is 0 Å². The molecule has 0 aliphatic heterocycles. The van der Waals surface area contributed by atoms with Crippen molar-refractivity contribution >= 4 is 5.97 Å². The second-order valence-electron chi connectivity index (χ2n) is 3.30. The van der Waals surface area contributed by atoms with E-state index in [2.05, 4.69) is 0 Å². The number of rotatable bonds is 4. The van der Waals surface area contributed by atoms with Crippen LogP contribution in [0.25, 0.3) is 0 Å². The van der Waals surface area contributed by atoms with Crippen LogP contribution < -0.4 is 5.11 Å². The lowest BCUT2D eigenvalue weighted by Crippen LogP contribution is -2.35. The zero-order valence-corrected chi connectivity index (χ0v) is 8.06. The van der Waals surface area contributed by atoms with Crippen LogP contribution in [-0.2, 0) is 10.4 Å². The Balaban J connectivity index is 2.95. The molecule has 3 nitrogen and oxygen atoms in total. The van der Waals surface area contributed by atoms with E-state index in [-0.39, 0.29) is 6.42 Å². The fourth-order valence-electron chi connectivity index (χ4n) is 1.42. The fraction of sp³-hybridized carbons (Fsp3) is 0.364. The summed E-state index contributed by atoms with van der Waals surface area (Å²) in [4.78, 5) is 10.5. The van der Waals surface area contributed by atoms with Crippen LogP contribution in [0.2, 0.25) is 0 Å². The number of aliphatic hydroxyl groups is 1. The van der Waals surface area contributed by atoms with Crippen LogP contribution in [-0.4, -0.2) is 11.1 Å². The summed E-state index contributed by atoms with van der Waals surface area (Å²) in [6.45, 7) is 1.75. The predicted octanol–water partition coefficient (Wildman–Crippen LogP) is 0.424. The molecule has 1 N–H and O–H groups in total. The van der Waals surface area contributed by atoms with E-state index in [0.717, 1.165) is 0 Å².